The average Bonchev–Trinajstić information content (AvgIpc) is 2.46. The summed E-state index contributed by atoms with van der Waals surface area (Å²) in [6.45, 7) is 1.41. The molecule has 2 rings (SSSR count). The molecule has 0 aromatic heterocycles. The Morgan fingerprint density at radius 1 is 1.14 bits per heavy atom. The van der Waals surface area contributed by atoms with E-state index in [1.807, 2.05) is 38.4 Å². The molecule has 0 bridgehead atoms. The summed E-state index contributed by atoms with van der Waals surface area (Å²) < 4.78 is 0. The van der Waals surface area contributed by atoms with Crippen LogP contribution in [0.2, 0.25) is 0 Å². The van der Waals surface area contributed by atoms with Gasteiger partial charge in [0.05, 0.1) is 4.92 Å². The SMILES string of the molecule is CN(C)Cc1ccccc1NCc1cccc([N+](=O)[O-])c1. The van der Waals surface area contributed by atoms with Gasteiger partial charge in [0.25, 0.3) is 5.69 Å². The molecule has 0 radical (unpaired) electrons. The topological polar surface area (TPSA) is 58.4 Å². The first kappa shape index (κ1) is 15.0. The molecule has 110 valence electrons. The number of hydrogen-bond acceptors (Lipinski definition) is 4. The molecule has 5 heteroatoms. The largest absolute Gasteiger partial charge is 0.381 e. The van der Waals surface area contributed by atoms with Crippen molar-refractivity contribution in [2.24, 2.45) is 0 Å². The van der Waals surface area contributed by atoms with Crippen molar-refractivity contribution >= 4 is 11.4 Å². The van der Waals surface area contributed by atoms with E-state index in [2.05, 4.69) is 16.3 Å². The number of nitrogens with zero attached hydrogens (tertiary/aromatic N) is 2. The van der Waals surface area contributed by atoms with Gasteiger partial charge in [-0.1, -0.05) is 30.3 Å². The first-order chi connectivity index (χ1) is 10.1. The molecule has 0 aliphatic heterocycles. The molecule has 0 saturated heterocycles. The zero-order valence-electron chi connectivity index (χ0n) is 12.2. The third-order valence-electron chi connectivity index (χ3n) is 3.11. The molecule has 1 N–H and O–H groups in total. The maximum Gasteiger partial charge on any atom is 0.269 e. The summed E-state index contributed by atoms with van der Waals surface area (Å²) in [6.07, 6.45) is 0. The van der Waals surface area contributed by atoms with Crippen LogP contribution in [0.25, 0.3) is 0 Å². The second-order valence-electron chi connectivity index (χ2n) is 5.18. The molecule has 0 amide bonds. The molecular weight excluding hydrogens is 266 g/mol. The Balaban J connectivity index is 2.09. The summed E-state index contributed by atoms with van der Waals surface area (Å²) in [7, 11) is 4.05. The lowest BCUT2D eigenvalue weighted by atomic mass is 10.1. The second-order valence-corrected chi connectivity index (χ2v) is 5.18. The number of non-ortho nitro benzene ring substituents is 1. The van der Waals surface area contributed by atoms with Crippen molar-refractivity contribution in [2.45, 2.75) is 13.1 Å². The summed E-state index contributed by atoms with van der Waals surface area (Å²) in [5.74, 6) is 0. The number of benzene rings is 2. The zero-order chi connectivity index (χ0) is 15.2. The molecule has 0 atom stereocenters. The average molecular weight is 285 g/mol. The molecule has 0 saturated carbocycles. The molecule has 0 heterocycles. The van der Waals surface area contributed by atoms with E-state index in [-0.39, 0.29) is 10.6 Å². The molecule has 21 heavy (non-hydrogen) atoms. The predicted octanol–water partition coefficient (Wildman–Crippen LogP) is 3.27. The van der Waals surface area contributed by atoms with Gasteiger partial charge in [0.1, 0.15) is 0 Å². The molecule has 0 unspecified atom stereocenters. The number of para-hydroxylation sites is 1. The van der Waals surface area contributed by atoms with Gasteiger partial charge in [0.2, 0.25) is 0 Å². The minimum absolute atomic E-state index is 0.121. The van der Waals surface area contributed by atoms with E-state index in [0.29, 0.717) is 6.54 Å². The highest BCUT2D eigenvalue weighted by atomic mass is 16.6. The standard InChI is InChI=1S/C16H19N3O2/c1-18(2)12-14-7-3-4-9-16(14)17-11-13-6-5-8-15(10-13)19(20)21/h3-10,17H,11-12H2,1-2H3. The van der Waals surface area contributed by atoms with Gasteiger partial charge in [-0.15, -0.1) is 0 Å². The van der Waals surface area contributed by atoms with E-state index in [1.54, 1.807) is 12.1 Å². The molecule has 2 aromatic rings. The van der Waals surface area contributed by atoms with Gasteiger partial charge >= 0.3 is 0 Å². The van der Waals surface area contributed by atoms with E-state index in [1.165, 1.54) is 11.6 Å². The van der Waals surface area contributed by atoms with Crippen LogP contribution in [0.3, 0.4) is 0 Å². The Hall–Kier alpha value is -2.40. The number of nitrogens with one attached hydrogen (secondary N) is 1. The van der Waals surface area contributed by atoms with Gasteiger partial charge in [0, 0.05) is 30.9 Å². The van der Waals surface area contributed by atoms with Crippen molar-refractivity contribution in [3.63, 3.8) is 0 Å². The fraction of sp³-hybridized carbons (Fsp3) is 0.250. The highest BCUT2D eigenvalue weighted by molar-refractivity contribution is 5.51. The van der Waals surface area contributed by atoms with Gasteiger partial charge in [-0.05, 0) is 31.3 Å². The minimum Gasteiger partial charge on any atom is -0.381 e. The van der Waals surface area contributed by atoms with Crippen LogP contribution >= 0.6 is 0 Å². The highest BCUT2D eigenvalue weighted by Crippen LogP contribution is 2.19. The van der Waals surface area contributed by atoms with Gasteiger partial charge < -0.3 is 10.2 Å². The molecule has 0 spiro atoms. The normalized spacial score (nSPS) is 10.6. The van der Waals surface area contributed by atoms with Crippen LogP contribution in [0.5, 0.6) is 0 Å². The number of rotatable bonds is 6. The van der Waals surface area contributed by atoms with Gasteiger partial charge in [-0.25, -0.2) is 0 Å². The maximum atomic E-state index is 10.8. The summed E-state index contributed by atoms with van der Waals surface area (Å²) in [4.78, 5) is 12.5. The van der Waals surface area contributed by atoms with Crippen molar-refractivity contribution in [1.29, 1.82) is 0 Å². The predicted molar refractivity (Wildman–Crippen MR) is 84.3 cm³/mol. The molecule has 0 aliphatic carbocycles. The van der Waals surface area contributed by atoms with Crippen molar-refractivity contribution < 1.29 is 4.92 Å². The van der Waals surface area contributed by atoms with Crippen LogP contribution in [-0.4, -0.2) is 23.9 Å². The van der Waals surface area contributed by atoms with E-state index in [0.717, 1.165) is 17.8 Å². The minimum atomic E-state index is -0.372. The Kier molecular flexibility index (Phi) is 4.90. The first-order valence-corrected chi connectivity index (χ1v) is 6.76. The monoisotopic (exact) mass is 285 g/mol. The van der Waals surface area contributed by atoms with Gasteiger partial charge in [-0.2, -0.15) is 0 Å². The number of nitro benzene ring substituents is 1. The lowest BCUT2D eigenvalue weighted by molar-refractivity contribution is -0.384. The molecule has 2 aromatic carbocycles. The Morgan fingerprint density at radius 3 is 2.62 bits per heavy atom. The number of hydrogen-bond donors (Lipinski definition) is 1. The lowest BCUT2D eigenvalue weighted by Gasteiger charge is -2.15. The quantitative estimate of drug-likeness (QED) is 0.653. The van der Waals surface area contributed by atoms with Crippen LogP contribution in [0.4, 0.5) is 11.4 Å². The molecular formula is C16H19N3O2. The van der Waals surface area contributed by atoms with Crippen molar-refractivity contribution in [1.82, 2.24) is 4.90 Å². The van der Waals surface area contributed by atoms with Crippen molar-refractivity contribution in [2.75, 3.05) is 19.4 Å². The highest BCUT2D eigenvalue weighted by Gasteiger charge is 2.06. The van der Waals surface area contributed by atoms with E-state index in [9.17, 15) is 10.1 Å². The molecule has 0 fully saturated rings. The number of nitro groups is 1. The molecule has 5 nitrogen and oxygen atoms in total. The summed E-state index contributed by atoms with van der Waals surface area (Å²) in [6, 6.07) is 14.8. The number of anilines is 1. The first-order valence-electron chi connectivity index (χ1n) is 6.76. The van der Waals surface area contributed by atoms with E-state index in [4.69, 9.17) is 0 Å². The smallest absolute Gasteiger partial charge is 0.269 e. The van der Waals surface area contributed by atoms with Gasteiger partial charge in [0.15, 0.2) is 0 Å². The third kappa shape index (κ3) is 4.29. The van der Waals surface area contributed by atoms with Crippen LogP contribution in [-0.2, 0) is 13.1 Å². The van der Waals surface area contributed by atoms with Gasteiger partial charge in [-0.3, -0.25) is 10.1 Å². The fourth-order valence-corrected chi connectivity index (χ4v) is 2.15. The Labute approximate surface area is 124 Å². The van der Waals surface area contributed by atoms with Crippen LogP contribution in [0, 0.1) is 10.1 Å². The maximum absolute atomic E-state index is 10.8. The lowest BCUT2D eigenvalue weighted by Crippen LogP contribution is -2.12. The summed E-state index contributed by atoms with van der Waals surface area (Å²) in [5, 5.41) is 14.1. The summed E-state index contributed by atoms with van der Waals surface area (Å²) in [5.41, 5.74) is 3.27. The molecule has 0 aliphatic rings. The van der Waals surface area contributed by atoms with Crippen molar-refractivity contribution in [3.8, 4) is 0 Å². The Morgan fingerprint density at radius 2 is 1.90 bits per heavy atom. The van der Waals surface area contributed by atoms with Crippen LogP contribution in [0.1, 0.15) is 11.1 Å². The fourth-order valence-electron chi connectivity index (χ4n) is 2.15. The van der Waals surface area contributed by atoms with Crippen molar-refractivity contribution in [3.05, 3.63) is 69.8 Å². The van der Waals surface area contributed by atoms with E-state index < -0.39 is 0 Å². The van der Waals surface area contributed by atoms with E-state index >= 15 is 0 Å². The Bertz CT molecular complexity index is 626. The van der Waals surface area contributed by atoms with Crippen LogP contribution in [0.15, 0.2) is 48.5 Å². The summed E-state index contributed by atoms with van der Waals surface area (Å²) >= 11 is 0. The third-order valence-corrected chi connectivity index (χ3v) is 3.11. The van der Waals surface area contributed by atoms with Crippen LogP contribution < -0.4 is 5.32 Å². The second kappa shape index (κ2) is 6.85. The zero-order valence-corrected chi connectivity index (χ0v) is 12.2.